The van der Waals surface area contributed by atoms with Gasteiger partial charge in [0.05, 0.1) is 12.7 Å². The van der Waals surface area contributed by atoms with Crippen LogP contribution >= 0.6 is 0 Å². The van der Waals surface area contributed by atoms with Crippen LogP contribution in [0.5, 0.6) is 11.5 Å². The Morgan fingerprint density at radius 3 is 2.36 bits per heavy atom. The summed E-state index contributed by atoms with van der Waals surface area (Å²) in [6.07, 6.45) is 7.97. The molecule has 3 heteroatoms. The van der Waals surface area contributed by atoms with Crippen LogP contribution in [0, 0.1) is 0 Å². The van der Waals surface area contributed by atoms with Gasteiger partial charge in [0.2, 0.25) is 0 Å². The van der Waals surface area contributed by atoms with Crippen LogP contribution in [0.25, 0.3) is 0 Å². The fourth-order valence-corrected chi connectivity index (χ4v) is 2.90. The van der Waals surface area contributed by atoms with Crippen molar-refractivity contribution in [2.75, 3.05) is 26.2 Å². The lowest BCUT2D eigenvalue weighted by Gasteiger charge is -2.15. The van der Waals surface area contributed by atoms with E-state index in [1.54, 1.807) is 0 Å². The number of hydrogen-bond donors (Lipinski definition) is 0. The van der Waals surface area contributed by atoms with E-state index in [0.717, 1.165) is 24.5 Å². The average molecular weight is 305 g/mol. The summed E-state index contributed by atoms with van der Waals surface area (Å²) >= 11 is 0. The highest BCUT2D eigenvalue weighted by Crippen LogP contribution is 2.27. The molecule has 1 fully saturated rings. The number of hydrogen-bond acceptors (Lipinski definition) is 3. The van der Waals surface area contributed by atoms with E-state index in [4.69, 9.17) is 9.47 Å². The molecule has 0 bridgehead atoms. The van der Waals surface area contributed by atoms with Crippen molar-refractivity contribution in [3.05, 3.63) is 24.3 Å². The molecule has 1 heterocycles. The molecule has 0 radical (unpaired) electrons. The van der Waals surface area contributed by atoms with Crippen molar-refractivity contribution in [1.29, 1.82) is 0 Å². The van der Waals surface area contributed by atoms with Crippen LogP contribution in [0.1, 0.15) is 52.4 Å². The summed E-state index contributed by atoms with van der Waals surface area (Å²) in [6.45, 7) is 8.77. The zero-order valence-corrected chi connectivity index (χ0v) is 14.2. The second-order valence-electron chi connectivity index (χ2n) is 6.42. The van der Waals surface area contributed by atoms with Crippen molar-refractivity contribution in [2.24, 2.45) is 0 Å². The lowest BCUT2D eigenvalue weighted by atomic mass is 10.2. The molecule has 0 amide bonds. The van der Waals surface area contributed by atoms with Crippen molar-refractivity contribution in [1.82, 2.24) is 4.90 Å². The van der Waals surface area contributed by atoms with Gasteiger partial charge < -0.3 is 14.4 Å². The third kappa shape index (κ3) is 6.27. The number of ether oxygens (including phenoxy) is 2. The minimum Gasteiger partial charge on any atom is -0.490 e. The van der Waals surface area contributed by atoms with Gasteiger partial charge in [-0.2, -0.15) is 0 Å². The average Bonchev–Trinajstić information content (AvgIpc) is 3.00. The topological polar surface area (TPSA) is 21.7 Å². The van der Waals surface area contributed by atoms with Gasteiger partial charge in [0, 0.05) is 0 Å². The molecule has 0 spiro atoms. The summed E-state index contributed by atoms with van der Waals surface area (Å²) in [7, 11) is 0. The van der Waals surface area contributed by atoms with Gasteiger partial charge in [0.1, 0.15) is 0 Å². The highest BCUT2D eigenvalue weighted by molar-refractivity contribution is 5.39. The standard InChI is InChI=1S/C19H31NO2/c1-17(2)22-19-12-6-5-11-18(19)21-16-10-4-3-7-13-20-14-8-9-15-20/h5-6,11-12,17H,3-4,7-10,13-16H2,1-2H3. The molecular weight excluding hydrogens is 274 g/mol. The maximum atomic E-state index is 5.88. The van der Waals surface area contributed by atoms with E-state index in [0.29, 0.717) is 0 Å². The molecule has 1 aromatic rings. The third-order valence-electron chi connectivity index (χ3n) is 4.04. The van der Waals surface area contributed by atoms with Crippen LogP contribution in [0.2, 0.25) is 0 Å². The fraction of sp³-hybridized carbons (Fsp3) is 0.684. The smallest absolute Gasteiger partial charge is 0.161 e. The zero-order valence-electron chi connectivity index (χ0n) is 14.2. The van der Waals surface area contributed by atoms with E-state index in [2.05, 4.69) is 4.90 Å². The normalized spacial score (nSPS) is 15.4. The Hall–Kier alpha value is -1.22. The molecule has 3 nitrogen and oxygen atoms in total. The minimum absolute atomic E-state index is 0.176. The number of likely N-dealkylation sites (tertiary alicyclic amines) is 1. The molecule has 0 saturated carbocycles. The Bertz CT molecular complexity index is 414. The first kappa shape index (κ1) is 17.1. The molecule has 2 rings (SSSR count). The maximum absolute atomic E-state index is 5.88. The molecular formula is C19H31NO2. The van der Waals surface area contributed by atoms with E-state index in [9.17, 15) is 0 Å². The van der Waals surface area contributed by atoms with Gasteiger partial charge in [-0.1, -0.05) is 25.0 Å². The minimum atomic E-state index is 0.176. The molecule has 0 aromatic heterocycles. The highest BCUT2D eigenvalue weighted by Gasteiger charge is 2.10. The first-order chi connectivity index (χ1) is 10.8. The van der Waals surface area contributed by atoms with Crippen molar-refractivity contribution in [3.8, 4) is 11.5 Å². The molecule has 0 aliphatic carbocycles. The van der Waals surface area contributed by atoms with Crippen LogP contribution in [0.4, 0.5) is 0 Å². The first-order valence-electron chi connectivity index (χ1n) is 8.86. The van der Waals surface area contributed by atoms with Crippen LogP contribution in [-0.2, 0) is 0 Å². The van der Waals surface area contributed by atoms with Crippen LogP contribution < -0.4 is 9.47 Å². The molecule has 1 saturated heterocycles. The molecule has 1 aliphatic heterocycles. The Morgan fingerprint density at radius 2 is 1.64 bits per heavy atom. The van der Waals surface area contributed by atoms with Crippen molar-refractivity contribution in [2.45, 2.75) is 58.5 Å². The number of rotatable bonds is 10. The molecule has 0 unspecified atom stereocenters. The molecule has 22 heavy (non-hydrogen) atoms. The second-order valence-corrected chi connectivity index (χ2v) is 6.42. The number of para-hydroxylation sites is 2. The Morgan fingerprint density at radius 1 is 0.955 bits per heavy atom. The third-order valence-corrected chi connectivity index (χ3v) is 4.04. The lowest BCUT2D eigenvalue weighted by Crippen LogP contribution is -2.20. The molecule has 0 N–H and O–H groups in total. The molecule has 124 valence electrons. The van der Waals surface area contributed by atoms with E-state index < -0.39 is 0 Å². The summed E-state index contributed by atoms with van der Waals surface area (Å²) < 4.78 is 11.6. The summed E-state index contributed by atoms with van der Waals surface area (Å²) in [4.78, 5) is 2.59. The lowest BCUT2D eigenvalue weighted by molar-refractivity contribution is 0.219. The summed E-state index contributed by atoms with van der Waals surface area (Å²) in [5.41, 5.74) is 0. The largest absolute Gasteiger partial charge is 0.490 e. The van der Waals surface area contributed by atoms with E-state index >= 15 is 0 Å². The Labute approximate surface area is 135 Å². The van der Waals surface area contributed by atoms with E-state index in [1.165, 1.54) is 51.7 Å². The van der Waals surface area contributed by atoms with Crippen LogP contribution in [0.15, 0.2) is 24.3 Å². The van der Waals surface area contributed by atoms with Crippen LogP contribution in [-0.4, -0.2) is 37.2 Å². The first-order valence-corrected chi connectivity index (χ1v) is 8.86. The quantitative estimate of drug-likeness (QED) is 0.594. The molecule has 1 aromatic carbocycles. The predicted octanol–water partition coefficient (Wildman–Crippen LogP) is 4.51. The number of benzene rings is 1. The fourth-order valence-electron chi connectivity index (χ4n) is 2.90. The summed E-state index contributed by atoms with van der Waals surface area (Å²) in [6, 6.07) is 7.96. The van der Waals surface area contributed by atoms with E-state index in [1.807, 2.05) is 38.1 Å². The van der Waals surface area contributed by atoms with Gasteiger partial charge in [0.15, 0.2) is 11.5 Å². The number of unbranched alkanes of at least 4 members (excludes halogenated alkanes) is 3. The zero-order chi connectivity index (χ0) is 15.6. The summed E-state index contributed by atoms with van der Waals surface area (Å²) in [5.74, 6) is 1.72. The Balaban J connectivity index is 1.56. The van der Waals surface area contributed by atoms with Gasteiger partial charge in [-0.05, 0) is 71.3 Å². The molecule has 1 aliphatic rings. The predicted molar refractivity (Wildman–Crippen MR) is 91.8 cm³/mol. The van der Waals surface area contributed by atoms with Gasteiger partial charge in [-0.15, -0.1) is 0 Å². The summed E-state index contributed by atoms with van der Waals surface area (Å²) in [5, 5.41) is 0. The molecule has 0 atom stereocenters. The second kappa shape index (κ2) is 9.73. The SMILES string of the molecule is CC(C)Oc1ccccc1OCCCCCCN1CCCC1. The van der Waals surface area contributed by atoms with Crippen molar-refractivity contribution >= 4 is 0 Å². The van der Waals surface area contributed by atoms with Gasteiger partial charge in [0.25, 0.3) is 0 Å². The Kier molecular flexibility index (Phi) is 7.58. The van der Waals surface area contributed by atoms with Gasteiger partial charge >= 0.3 is 0 Å². The van der Waals surface area contributed by atoms with E-state index in [-0.39, 0.29) is 6.10 Å². The maximum Gasteiger partial charge on any atom is 0.161 e. The van der Waals surface area contributed by atoms with Crippen molar-refractivity contribution < 1.29 is 9.47 Å². The number of nitrogens with zero attached hydrogens (tertiary/aromatic N) is 1. The van der Waals surface area contributed by atoms with Crippen LogP contribution in [0.3, 0.4) is 0 Å². The highest BCUT2D eigenvalue weighted by atomic mass is 16.5. The monoisotopic (exact) mass is 305 g/mol. The van der Waals surface area contributed by atoms with Gasteiger partial charge in [-0.3, -0.25) is 0 Å². The van der Waals surface area contributed by atoms with Gasteiger partial charge in [-0.25, -0.2) is 0 Å². The van der Waals surface area contributed by atoms with Crippen molar-refractivity contribution in [3.63, 3.8) is 0 Å².